The summed E-state index contributed by atoms with van der Waals surface area (Å²) in [5.41, 5.74) is 0.926. The lowest BCUT2D eigenvalue weighted by Gasteiger charge is -2.15. The molecule has 1 aromatic heterocycles. The molecule has 1 N–H and O–H groups in total. The summed E-state index contributed by atoms with van der Waals surface area (Å²) in [5.74, 6) is 0.579. The van der Waals surface area contributed by atoms with Crippen molar-refractivity contribution in [2.24, 2.45) is 5.92 Å². The Bertz CT molecular complexity index is 248. The first-order chi connectivity index (χ1) is 6.74. The Morgan fingerprint density at radius 2 is 2.29 bits per heavy atom. The topological polar surface area (TPSA) is 33.1 Å². The third kappa shape index (κ3) is 3.46. The monoisotopic (exact) mass is 193 g/mol. The molecule has 1 heterocycles. The van der Waals surface area contributed by atoms with Crippen molar-refractivity contribution in [1.82, 2.24) is 4.98 Å². The van der Waals surface area contributed by atoms with Gasteiger partial charge < -0.3 is 5.11 Å². The van der Waals surface area contributed by atoms with E-state index in [1.165, 1.54) is 12.8 Å². The standard InChI is InChI=1S/C12H19NO/c1-3-5-10(2)8-12(14)11-6-4-7-13-9-11/h4,6-7,9-10,12,14H,3,5,8H2,1-2H3. The summed E-state index contributed by atoms with van der Waals surface area (Å²) < 4.78 is 0. The van der Waals surface area contributed by atoms with Crippen molar-refractivity contribution in [1.29, 1.82) is 0 Å². The van der Waals surface area contributed by atoms with E-state index in [1.54, 1.807) is 12.4 Å². The molecule has 0 amide bonds. The van der Waals surface area contributed by atoms with Gasteiger partial charge in [-0.05, 0) is 24.0 Å². The second kappa shape index (κ2) is 5.76. The molecular formula is C12H19NO. The highest BCUT2D eigenvalue weighted by Crippen LogP contribution is 2.22. The van der Waals surface area contributed by atoms with Crippen LogP contribution in [0.25, 0.3) is 0 Å². The first kappa shape index (κ1) is 11.2. The minimum Gasteiger partial charge on any atom is -0.388 e. The van der Waals surface area contributed by atoms with E-state index in [1.807, 2.05) is 12.1 Å². The maximum Gasteiger partial charge on any atom is 0.0807 e. The van der Waals surface area contributed by atoms with Crippen LogP contribution in [-0.4, -0.2) is 10.1 Å². The van der Waals surface area contributed by atoms with Crippen molar-refractivity contribution in [3.05, 3.63) is 30.1 Å². The molecule has 2 atom stereocenters. The summed E-state index contributed by atoms with van der Waals surface area (Å²) in [4.78, 5) is 4.00. The molecule has 0 bridgehead atoms. The van der Waals surface area contributed by atoms with Crippen LogP contribution in [0.4, 0.5) is 0 Å². The molecule has 2 unspecified atom stereocenters. The number of aliphatic hydroxyl groups excluding tert-OH is 1. The zero-order valence-corrected chi connectivity index (χ0v) is 8.98. The minimum absolute atomic E-state index is 0.356. The van der Waals surface area contributed by atoms with Gasteiger partial charge in [0.05, 0.1) is 6.10 Å². The number of nitrogens with zero attached hydrogens (tertiary/aromatic N) is 1. The molecule has 2 nitrogen and oxygen atoms in total. The molecular weight excluding hydrogens is 174 g/mol. The van der Waals surface area contributed by atoms with Crippen molar-refractivity contribution in [3.63, 3.8) is 0 Å². The average Bonchev–Trinajstić information content (AvgIpc) is 2.19. The molecule has 2 heteroatoms. The summed E-state index contributed by atoms with van der Waals surface area (Å²) in [6.45, 7) is 4.36. The van der Waals surface area contributed by atoms with Gasteiger partial charge in [0.25, 0.3) is 0 Å². The Hall–Kier alpha value is -0.890. The van der Waals surface area contributed by atoms with Crippen LogP contribution in [0.3, 0.4) is 0 Å². The lowest BCUT2D eigenvalue weighted by Crippen LogP contribution is -2.04. The zero-order chi connectivity index (χ0) is 10.4. The fourth-order valence-electron chi connectivity index (χ4n) is 1.70. The third-order valence-electron chi connectivity index (χ3n) is 2.48. The minimum atomic E-state index is -0.356. The van der Waals surface area contributed by atoms with Gasteiger partial charge in [-0.2, -0.15) is 0 Å². The van der Waals surface area contributed by atoms with Crippen molar-refractivity contribution in [3.8, 4) is 0 Å². The Morgan fingerprint density at radius 3 is 2.86 bits per heavy atom. The molecule has 0 aromatic carbocycles. The second-order valence-electron chi connectivity index (χ2n) is 3.93. The molecule has 0 spiro atoms. The Balaban J connectivity index is 2.46. The van der Waals surface area contributed by atoms with Crippen LogP contribution >= 0.6 is 0 Å². The Kier molecular flexibility index (Phi) is 4.60. The molecule has 0 aliphatic rings. The molecule has 14 heavy (non-hydrogen) atoms. The Labute approximate surface area is 86.0 Å². The lowest BCUT2D eigenvalue weighted by molar-refractivity contribution is 0.145. The van der Waals surface area contributed by atoms with Gasteiger partial charge >= 0.3 is 0 Å². The van der Waals surface area contributed by atoms with Gasteiger partial charge in [-0.1, -0.05) is 32.8 Å². The van der Waals surface area contributed by atoms with Crippen LogP contribution in [0.2, 0.25) is 0 Å². The highest BCUT2D eigenvalue weighted by molar-refractivity contribution is 5.11. The normalized spacial score (nSPS) is 15.1. The summed E-state index contributed by atoms with van der Waals surface area (Å²) in [5, 5.41) is 9.88. The largest absolute Gasteiger partial charge is 0.388 e. The van der Waals surface area contributed by atoms with Crippen LogP contribution in [0, 0.1) is 5.92 Å². The molecule has 78 valence electrons. The maximum atomic E-state index is 9.88. The van der Waals surface area contributed by atoms with E-state index in [-0.39, 0.29) is 6.10 Å². The van der Waals surface area contributed by atoms with Crippen LogP contribution < -0.4 is 0 Å². The van der Waals surface area contributed by atoms with Gasteiger partial charge in [0, 0.05) is 12.4 Å². The summed E-state index contributed by atoms with van der Waals surface area (Å²) in [6.07, 6.45) is 6.30. The van der Waals surface area contributed by atoms with Gasteiger partial charge in [-0.15, -0.1) is 0 Å². The summed E-state index contributed by atoms with van der Waals surface area (Å²) >= 11 is 0. The predicted molar refractivity (Wildman–Crippen MR) is 57.9 cm³/mol. The van der Waals surface area contributed by atoms with Crippen LogP contribution in [-0.2, 0) is 0 Å². The molecule has 0 aliphatic heterocycles. The SMILES string of the molecule is CCCC(C)CC(O)c1cccnc1. The number of hydrogen-bond acceptors (Lipinski definition) is 2. The van der Waals surface area contributed by atoms with Crippen LogP contribution in [0.15, 0.2) is 24.5 Å². The Morgan fingerprint density at radius 1 is 1.50 bits per heavy atom. The molecule has 0 saturated carbocycles. The molecule has 1 aromatic rings. The third-order valence-corrected chi connectivity index (χ3v) is 2.48. The smallest absolute Gasteiger partial charge is 0.0807 e. The zero-order valence-electron chi connectivity index (χ0n) is 8.98. The van der Waals surface area contributed by atoms with Crippen molar-refractivity contribution >= 4 is 0 Å². The van der Waals surface area contributed by atoms with E-state index in [4.69, 9.17) is 0 Å². The molecule has 0 aliphatic carbocycles. The summed E-state index contributed by atoms with van der Waals surface area (Å²) in [7, 11) is 0. The van der Waals surface area contributed by atoms with Gasteiger partial charge in [-0.25, -0.2) is 0 Å². The van der Waals surface area contributed by atoms with Crippen molar-refractivity contribution in [2.75, 3.05) is 0 Å². The van der Waals surface area contributed by atoms with E-state index in [2.05, 4.69) is 18.8 Å². The number of aromatic nitrogens is 1. The number of hydrogen-bond donors (Lipinski definition) is 1. The van der Waals surface area contributed by atoms with E-state index in [0.717, 1.165) is 12.0 Å². The van der Waals surface area contributed by atoms with Crippen LogP contribution in [0.1, 0.15) is 44.8 Å². The quantitative estimate of drug-likeness (QED) is 0.780. The predicted octanol–water partition coefficient (Wildman–Crippen LogP) is 2.94. The van der Waals surface area contributed by atoms with Gasteiger partial charge in [0.15, 0.2) is 0 Å². The van der Waals surface area contributed by atoms with Gasteiger partial charge in [-0.3, -0.25) is 4.98 Å². The second-order valence-corrected chi connectivity index (χ2v) is 3.93. The fourth-order valence-corrected chi connectivity index (χ4v) is 1.70. The van der Waals surface area contributed by atoms with Gasteiger partial charge in [0.2, 0.25) is 0 Å². The highest BCUT2D eigenvalue weighted by Gasteiger charge is 2.11. The number of pyridine rings is 1. The number of rotatable bonds is 5. The average molecular weight is 193 g/mol. The number of aliphatic hydroxyl groups is 1. The fraction of sp³-hybridized carbons (Fsp3) is 0.583. The highest BCUT2D eigenvalue weighted by atomic mass is 16.3. The van der Waals surface area contributed by atoms with Crippen molar-refractivity contribution < 1.29 is 5.11 Å². The van der Waals surface area contributed by atoms with E-state index >= 15 is 0 Å². The first-order valence-corrected chi connectivity index (χ1v) is 5.32. The first-order valence-electron chi connectivity index (χ1n) is 5.32. The maximum absolute atomic E-state index is 9.88. The molecule has 0 saturated heterocycles. The van der Waals surface area contributed by atoms with E-state index < -0.39 is 0 Å². The lowest BCUT2D eigenvalue weighted by atomic mass is 9.96. The van der Waals surface area contributed by atoms with Gasteiger partial charge in [0.1, 0.15) is 0 Å². The summed E-state index contributed by atoms with van der Waals surface area (Å²) in [6, 6.07) is 3.79. The molecule has 0 radical (unpaired) electrons. The van der Waals surface area contributed by atoms with E-state index in [0.29, 0.717) is 5.92 Å². The molecule has 1 rings (SSSR count). The van der Waals surface area contributed by atoms with Crippen molar-refractivity contribution in [2.45, 2.75) is 39.2 Å². The molecule has 0 fully saturated rings. The van der Waals surface area contributed by atoms with E-state index in [9.17, 15) is 5.11 Å². The van der Waals surface area contributed by atoms with Crippen LogP contribution in [0.5, 0.6) is 0 Å².